The summed E-state index contributed by atoms with van der Waals surface area (Å²) in [4.78, 5) is 8.62. The third-order valence-corrected chi connectivity index (χ3v) is 1.28. The van der Waals surface area contributed by atoms with Crippen LogP contribution in [0, 0.1) is 12.7 Å². The van der Waals surface area contributed by atoms with Gasteiger partial charge in [0, 0.05) is 6.07 Å². The van der Waals surface area contributed by atoms with Gasteiger partial charge in [-0.25, -0.2) is 9.23 Å². The molecule has 2 N–H and O–H groups in total. The third-order valence-electron chi connectivity index (χ3n) is 1.28. The molecule has 0 saturated carbocycles. The van der Waals surface area contributed by atoms with Gasteiger partial charge in [-0.2, -0.15) is 10.5 Å². The van der Waals surface area contributed by atoms with Crippen LogP contribution in [-0.2, 0) is 4.84 Å². The lowest BCUT2D eigenvalue weighted by molar-refractivity contribution is -0.832. The van der Waals surface area contributed by atoms with E-state index in [1.807, 2.05) is 0 Å². The number of hydrogen-bond acceptors (Lipinski definition) is 2. The van der Waals surface area contributed by atoms with Crippen LogP contribution in [-0.4, -0.2) is 12.1 Å². The van der Waals surface area contributed by atoms with Gasteiger partial charge in [0.15, 0.2) is 0 Å². The second-order valence-electron chi connectivity index (χ2n) is 2.16. The molecule has 11 heavy (non-hydrogen) atoms. The molecule has 1 aromatic rings. The van der Waals surface area contributed by atoms with Crippen molar-refractivity contribution >= 4 is 5.82 Å². The highest BCUT2D eigenvalue weighted by Gasteiger charge is 2.02. The lowest BCUT2D eigenvalue weighted by atomic mass is 10.3. The van der Waals surface area contributed by atoms with Gasteiger partial charge in [-0.15, -0.1) is 0 Å². The number of rotatable bonds is 2. The average Bonchev–Trinajstić information content (AvgIpc) is 1.98. The molecule has 3 nitrogen and oxygen atoms in total. The quantitative estimate of drug-likeness (QED) is 0.626. The van der Waals surface area contributed by atoms with Gasteiger partial charge >= 0.3 is 0 Å². The first-order valence-corrected chi connectivity index (χ1v) is 3.23. The minimum Gasteiger partial charge on any atom is -0.205 e. The molecule has 1 rings (SSSR count). The van der Waals surface area contributed by atoms with Crippen molar-refractivity contribution in [3.05, 3.63) is 23.6 Å². The van der Waals surface area contributed by atoms with Crippen LogP contribution in [0.25, 0.3) is 0 Å². The molecule has 0 saturated heterocycles. The number of nitrogens with zero attached hydrogens (tertiary/aromatic N) is 1. The summed E-state index contributed by atoms with van der Waals surface area (Å²) in [6.07, 6.45) is 0. The van der Waals surface area contributed by atoms with Crippen molar-refractivity contribution in [2.75, 3.05) is 7.11 Å². The topological polar surface area (TPSA) is 38.7 Å². The molecule has 0 fully saturated rings. The molecule has 1 aromatic heterocycles. The maximum Gasteiger partial charge on any atom is 0.257 e. The van der Waals surface area contributed by atoms with Crippen molar-refractivity contribution < 1.29 is 14.7 Å². The summed E-state index contributed by atoms with van der Waals surface area (Å²) in [5.41, 5.74) is 1.85. The zero-order valence-electron chi connectivity index (χ0n) is 6.47. The van der Waals surface area contributed by atoms with Crippen molar-refractivity contribution in [2.45, 2.75) is 6.92 Å². The minimum atomic E-state index is -0.293. The van der Waals surface area contributed by atoms with Crippen molar-refractivity contribution in [3.63, 3.8) is 0 Å². The van der Waals surface area contributed by atoms with Crippen LogP contribution in [0.3, 0.4) is 0 Å². The Morgan fingerprint density at radius 3 is 2.82 bits per heavy atom. The summed E-state index contributed by atoms with van der Waals surface area (Å²) in [5.74, 6) is 0.338. The predicted octanol–water partition coefficient (Wildman–Crippen LogP) is 0.285. The van der Waals surface area contributed by atoms with Crippen LogP contribution in [0.15, 0.2) is 12.1 Å². The van der Waals surface area contributed by atoms with Gasteiger partial charge in [-0.1, -0.05) is 0 Å². The molecule has 4 heteroatoms. The maximum absolute atomic E-state index is 12.6. The fourth-order valence-electron chi connectivity index (χ4n) is 0.750. The van der Waals surface area contributed by atoms with Gasteiger partial charge in [0.05, 0.1) is 12.8 Å². The molecule has 0 aromatic carbocycles. The largest absolute Gasteiger partial charge is 0.257 e. The van der Waals surface area contributed by atoms with Gasteiger partial charge in [0.1, 0.15) is 5.82 Å². The Labute approximate surface area is 64.2 Å². The average molecular weight is 157 g/mol. The Balaban J connectivity index is 2.86. The molecule has 1 heterocycles. The molecule has 0 spiro atoms. The summed E-state index contributed by atoms with van der Waals surface area (Å²) in [7, 11) is 1.53. The summed E-state index contributed by atoms with van der Waals surface area (Å²) >= 11 is 0. The Morgan fingerprint density at radius 2 is 2.27 bits per heavy atom. The highest BCUT2D eigenvalue weighted by molar-refractivity contribution is 5.20. The minimum absolute atomic E-state index is 0.293. The van der Waals surface area contributed by atoms with Crippen molar-refractivity contribution in [3.8, 4) is 0 Å². The summed E-state index contributed by atoms with van der Waals surface area (Å²) in [5, 5.41) is 0. The first-order valence-electron chi connectivity index (χ1n) is 3.23. The summed E-state index contributed by atoms with van der Waals surface area (Å²) in [6.45, 7) is 1.61. The fourth-order valence-corrected chi connectivity index (χ4v) is 0.750. The number of hydrogen-bond donors (Lipinski definition) is 1. The number of nitrogens with two attached hydrogens (primary N) is 1. The van der Waals surface area contributed by atoms with E-state index in [-0.39, 0.29) is 5.82 Å². The van der Waals surface area contributed by atoms with Gasteiger partial charge in [0.25, 0.3) is 5.82 Å². The highest BCUT2D eigenvalue weighted by Crippen LogP contribution is 2.03. The Hall–Kier alpha value is -1.00. The molecule has 0 aliphatic rings. The van der Waals surface area contributed by atoms with E-state index in [1.165, 1.54) is 18.7 Å². The summed E-state index contributed by atoms with van der Waals surface area (Å²) < 4.78 is 12.6. The number of aryl methyl sites for hydroxylation is 1. The van der Waals surface area contributed by atoms with E-state index in [0.717, 1.165) is 0 Å². The smallest absolute Gasteiger partial charge is 0.205 e. The van der Waals surface area contributed by atoms with Crippen LogP contribution in [0.1, 0.15) is 5.69 Å². The highest BCUT2D eigenvalue weighted by atomic mass is 19.1. The summed E-state index contributed by atoms with van der Waals surface area (Å²) in [6, 6.07) is 2.93. The van der Waals surface area contributed by atoms with Gasteiger partial charge in [0.2, 0.25) is 0 Å². The number of halogens is 1. The van der Waals surface area contributed by atoms with E-state index in [2.05, 4.69) is 4.98 Å². The molecule has 60 valence electrons. The SMILES string of the molecule is CO[NH2+]c1ccc(F)c(C)n1. The Bertz CT molecular complexity index is 252. The second kappa shape index (κ2) is 3.41. The normalized spacial score (nSPS) is 10.1. The monoisotopic (exact) mass is 157 g/mol. The molecular weight excluding hydrogens is 147 g/mol. The van der Waals surface area contributed by atoms with E-state index in [9.17, 15) is 4.39 Å². The molecule has 0 unspecified atom stereocenters. The van der Waals surface area contributed by atoms with Crippen LogP contribution in [0.4, 0.5) is 10.2 Å². The molecule has 0 radical (unpaired) electrons. The van der Waals surface area contributed by atoms with Crippen LogP contribution in [0.5, 0.6) is 0 Å². The zero-order valence-corrected chi connectivity index (χ0v) is 6.47. The Kier molecular flexibility index (Phi) is 2.51. The van der Waals surface area contributed by atoms with Crippen molar-refractivity contribution in [2.24, 2.45) is 0 Å². The second-order valence-corrected chi connectivity index (χ2v) is 2.16. The first-order chi connectivity index (χ1) is 5.24. The molecule has 0 aliphatic carbocycles. The lowest BCUT2D eigenvalue weighted by Gasteiger charge is -1.96. The van der Waals surface area contributed by atoms with Crippen LogP contribution >= 0.6 is 0 Å². The Morgan fingerprint density at radius 1 is 1.55 bits per heavy atom. The first kappa shape index (κ1) is 8.10. The third kappa shape index (κ3) is 1.96. The number of aromatic nitrogens is 1. The van der Waals surface area contributed by atoms with Crippen molar-refractivity contribution in [1.29, 1.82) is 0 Å². The van der Waals surface area contributed by atoms with Gasteiger partial charge < -0.3 is 0 Å². The number of quaternary nitrogens is 1. The molecule has 0 atom stereocenters. The van der Waals surface area contributed by atoms with Gasteiger partial charge in [-0.3, -0.25) is 0 Å². The zero-order chi connectivity index (χ0) is 8.27. The number of pyridine rings is 1. The molecule has 0 bridgehead atoms. The van der Waals surface area contributed by atoms with E-state index in [1.54, 1.807) is 13.0 Å². The van der Waals surface area contributed by atoms with Crippen LogP contribution in [0.2, 0.25) is 0 Å². The van der Waals surface area contributed by atoms with Gasteiger partial charge in [-0.05, 0) is 13.0 Å². The maximum atomic E-state index is 12.6. The standard InChI is InChI=1S/C7H9FN2O/c1-5-6(8)3-4-7(9-5)10-11-2/h3-4H,1-2H3,(H,9,10)/p+1. The molecule has 0 amide bonds. The lowest BCUT2D eigenvalue weighted by Crippen LogP contribution is -2.76. The van der Waals surface area contributed by atoms with E-state index >= 15 is 0 Å². The molecule has 0 aliphatic heterocycles. The fraction of sp³-hybridized carbons (Fsp3) is 0.286. The van der Waals surface area contributed by atoms with E-state index in [4.69, 9.17) is 4.84 Å². The van der Waals surface area contributed by atoms with E-state index in [0.29, 0.717) is 11.5 Å². The van der Waals surface area contributed by atoms with E-state index < -0.39 is 0 Å². The van der Waals surface area contributed by atoms with Crippen molar-refractivity contribution in [1.82, 2.24) is 4.98 Å². The van der Waals surface area contributed by atoms with Crippen LogP contribution < -0.4 is 5.48 Å². The molecular formula is C7H10FN2O+. The predicted molar refractivity (Wildman–Crippen MR) is 37.5 cm³/mol.